The Hall–Kier alpha value is -3.60. The summed E-state index contributed by atoms with van der Waals surface area (Å²) in [5.74, 6) is -0.122. The second-order valence-electron chi connectivity index (χ2n) is 6.17. The van der Waals surface area contributed by atoms with Crippen LogP contribution in [0.3, 0.4) is 0 Å². The van der Waals surface area contributed by atoms with E-state index in [1.54, 1.807) is 24.5 Å². The van der Waals surface area contributed by atoms with Gasteiger partial charge in [-0.3, -0.25) is 4.98 Å². The third-order valence-corrected chi connectivity index (χ3v) is 4.30. The minimum atomic E-state index is -0.294. The molecule has 0 amide bonds. The van der Waals surface area contributed by atoms with Crippen LogP contribution in [0, 0.1) is 5.82 Å². The fraction of sp³-hybridized carbons (Fsp3) is 0.0455. The topological polar surface area (TPSA) is 64.7 Å². The Bertz CT molecular complexity index is 1050. The molecule has 0 radical (unpaired) electrons. The van der Waals surface area contributed by atoms with Crippen molar-refractivity contribution in [2.45, 2.75) is 6.42 Å². The Labute approximate surface area is 156 Å². The summed E-state index contributed by atoms with van der Waals surface area (Å²) in [6.45, 7) is 0. The Balaban J connectivity index is 1.94. The maximum absolute atomic E-state index is 13.4. The van der Waals surface area contributed by atoms with Gasteiger partial charge < -0.3 is 5.73 Å². The lowest BCUT2D eigenvalue weighted by Gasteiger charge is -2.15. The lowest BCUT2D eigenvalue weighted by atomic mass is 9.95. The predicted octanol–water partition coefficient (Wildman–Crippen LogP) is 4.52. The molecule has 2 aromatic carbocycles. The average Bonchev–Trinajstić information content (AvgIpc) is 2.71. The Morgan fingerprint density at radius 3 is 2.15 bits per heavy atom. The summed E-state index contributed by atoms with van der Waals surface area (Å²) in [4.78, 5) is 13.2. The van der Waals surface area contributed by atoms with Gasteiger partial charge in [-0.05, 0) is 42.0 Å². The molecule has 4 aromatic rings. The maximum atomic E-state index is 13.4. The first kappa shape index (κ1) is 16.8. The van der Waals surface area contributed by atoms with Gasteiger partial charge >= 0.3 is 0 Å². The zero-order valence-electron chi connectivity index (χ0n) is 14.5. The van der Waals surface area contributed by atoms with Crippen LogP contribution in [-0.2, 0) is 6.42 Å². The monoisotopic (exact) mass is 356 g/mol. The number of pyridine rings is 1. The molecule has 0 fully saturated rings. The van der Waals surface area contributed by atoms with Gasteiger partial charge in [-0.2, -0.15) is 0 Å². The highest BCUT2D eigenvalue weighted by Gasteiger charge is 2.17. The largest absolute Gasteiger partial charge is 0.368 e. The van der Waals surface area contributed by atoms with E-state index in [1.807, 2.05) is 30.3 Å². The van der Waals surface area contributed by atoms with Gasteiger partial charge in [-0.15, -0.1) is 0 Å². The summed E-state index contributed by atoms with van der Waals surface area (Å²) in [5, 5.41) is 0. The molecule has 0 aliphatic heterocycles. The molecule has 2 aromatic heterocycles. The van der Waals surface area contributed by atoms with E-state index in [4.69, 9.17) is 5.73 Å². The highest BCUT2D eigenvalue weighted by atomic mass is 19.1. The van der Waals surface area contributed by atoms with Gasteiger partial charge in [0.05, 0.1) is 11.4 Å². The predicted molar refractivity (Wildman–Crippen MR) is 104 cm³/mol. The number of nitrogen functional groups attached to an aromatic ring is 1. The number of nitrogens with two attached hydrogens (primary N) is 1. The van der Waals surface area contributed by atoms with Crippen molar-refractivity contribution >= 4 is 5.95 Å². The minimum Gasteiger partial charge on any atom is -0.368 e. The zero-order valence-corrected chi connectivity index (χ0v) is 14.5. The second-order valence-corrected chi connectivity index (χ2v) is 6.17. The van der Waals surface area contributed by atoms with Crippen LogP contribution >= 0.6 is 0 Å². The molecule has 0 aliphatic carbocycles. The average molecular weight is 356 g/mol. The van der Waals surface area contributed by atoms with E-state index in [2.05, 4.69) is 27.1 Å². The summed E-state index contributed by atoms with van der Waals surface area (Å²) in [6.07, 6.45) is 4.09. The molecule has 27 heavy (non-hydrogen) atoms. The molecule has 2 N–H and O–H groups in total. The molecule has 0 saturated carbocycles. The molecule has 0 saturated heterocycles. The third kappa shape index (κ3) is 3.67. The first-order valence-electron chi connectivity index (χ1n) is 8.57. The van der Waals surface area contributed by atoms with Gasteiger partial charge in [0.25, 0.3) is 0 Å². The number of rotatable bonds is 4. The standard InChI is InChI=1S/C22H17FN4/c23-18-10-8-16(9-11-18)20-19(13-15-5-2-1-3-6-15)21(27-22(24)26-20)17-7-4-12-25-14-17/h1-12,14H,13H2,(H2,24,26,27). The SMILES string of the molecule is Nc1nc(-c2ccc(F)cc2)c(Cc2ccccc2)c(-c2cccnc2)n1. The van der Waals surface area contributed by atoms with Crippen LogP contribution in [0.4, 0.5) is 10.3 Å². The van der Waals surface area contributed by atoms with E-state index in [1.165, 1.54) is 12.1 Å². The summed E-state index contributed by atoms with van der Waals surface area (Å²) in [5.41, 5.74) is 11.1. The van der Waals surface area contributed by atoms with Crippen molar-refractivity contribution < 1.29 is 4.39 Å². The highest BCUT2D eigenvalue weighted by molar-refractivity contribution is 5.75. The van der Waals surface area contributed by atoms with Gasteiger partial charge in [-0.1, -0.05) is 30.3 Å². The van der Waals surface area contributed by atoms with Gasteiger partial charge in [-0.25, -0.2) is 14.4 Å². The van der Waals surface area contributed by atoms with Gasteiger partial charge in [0, 0.05) is 35.5 Å². The number of nitrogens with zero attached hydrogens (tertiary/aromatic N) is 3. The Morgan fingerprint density at radius 1 is 0.778 bits per heavy atom. The molecular formula is C22H17FN4. The van der Waals surface area contributed by atoms with Crippen LogP contribution in [0.5, 0.6) is 0 Å². The normalized spacial score (nSPS) is 10.7. The summed E-state index contributed by atoms with van der Waals surface area (Å²) >= 11 is 0. The van der Waals surface area contributed by atoms with Crippen LogP contribution in [0.1, 0.15) is 11.1 Å². The fourth-order valence-electron chi connectivity index (χ4n) is 3.06. The van der Waals surface area contributed by atoms with Crippen LogP contribution in [0.2, 0.25) is 0 Å². The number of benzene rings is 2. The first-order chi connectivity index (χ1) is 13.2. The second kappa shape index (κ2) is 7.33. The molecule has 0 aliphatic rings. The van der Waals surface area contributed by atoms with Crippen LogP contribution < -0.4 is 5.73 Å². The Morgan fingerprint density at radius 2 is 1.48 bits per heavy atom. The van der Waals surface area contributed by atoms with E-state index in [0.717, 1.165) is 27.9 Å². The molecule has 0 atom stereocenters. The zero-order chi connectivity index (χ0) is 18.6. The quantitative estimate of drug-likeness (QED) is 0.584. The summed E-state index contributed by atoms with van der Waals surface area (Å²) in [7, 11) is 0. The van der Waals surface area contributed by atoms with Crippen molar-refractivity contribution in [1.29, 1.82) is 0 Å². The fourth-order valence-corrected chi connectivity index (χ4v) is 3.06. The number of aromatic nitrogens is 3. The molecule has 4 nitrogen and oxygen atoms in total. The lowest BCUT2D eigenvalue weighted by Crippen LogP contribution is -2.06. The van der Waals surface area contributed by atoms with Crippen molar-refractivity contribution in [1.82, 2.24) is 15.0 Å². The van der Waals surface area contributed by atoms with Crippen LogP contribution in [-0.4, -0.2) is 15.0 Å². The number of halogens is 1. The molecule has 0 bridgehead atoms. The van der Waals surface area contributed by atoms with Gasteiger partial charge in [0.15, 0.2) is 0 Å². The third-order valence-electron chi connectivity index (χ3n) is 4.30. The smallest absolute Gasteiger partial charge is 0.221 e. The number of hydrogen-bond donors (Lipinski definition) is 1. The van der Waals surface area contributed by atoms with E-state index < -0.39 is 0 Å². The molecule has 0 unspecified atom stereocenters. The molecule has 2 heterocycles. The van der Waals surface area contributed by atoms with Crippen LogP contribution in [0.25, 0.3) is 22.5 Å². The van der Waals surface area contributed by atoms with Crippen molar-refractivity contribution in [2.24, 2.45) is 0 Å². The molecular weight excluding hydrogens is 339 g/mol. The number of anilines is 1. The van der Waals surface area contributed by atoms with E-state index >= 15 is 0 Å². The molecule has 132 valence electrons. The lowest BCUT2D eigenvalue weighted by molar-refractivity contribution is 0.628. The minimum absolute atomic E-state index is 0.171. The molecule has 0 spiro atoms. The summed E-state index contributed by atoms with van der Waals surface area (Å²) < 4.78 is 13.4. The van der Waals surface area contributed by atoms with Crippen molar-refractivity contribution in [3.63, 3.8) is 0 Å². The first-order valence-corrected chi connectivity index (χ1v) is 8.57. The molecule has 5 heteroatoms. The van der Waals surface area contributed by atoms with E-state index in [0.29, 0.717) is 12.1 Å². The van der Waals surface area contributed by atoms with Crippen molar-refractivity contribution in [2.75, 3.05) is 5.73 Å². The van der Waals surface area contributed by atoms with Gasteiger partial charge in [0.2, 0.25) is 5.95 Å². The van der Waals surface area contributed by atoms with Crippen molar-refractivity contribution in [3.05, 3.63) is 96.1 Å². The Kier molecular flexibility index (Phi) is 4.58. The van der Waals surface area contributed by atoms with Gasteiger partial charge in [0.1, 0.15) is 5.82 Å². The summed E-state index contributed by atoms with van der Waals surface area (Å²) in [6, 6.07) is 20.1. The molecule has 4 rings (SSSR count). The van der Waals surface area contributed by atoms with Crippen molar-refractivity contribution in [3.8, 4) is 22.5 Å². The van der Waals surface area contributed by atoms with E-state index in [-0.39, 0.29) is 11.8 Å². The number of hydrogen-bond acceptors (Lipinski definition) is 4. The highest BCUT2D eigenvalue weighted by Crippen LogP contribution is 2.32. The van der Waals surface area contributed by atoms with Crippen LogP contribution in [0.15, 0.2) is 79.1 Å². The van der Waals surface area contributed by atoms with E-state index in [9.17, 15) is 4.39 Å². The maximum Gasteiger partial charge on any atom is 0.221 e.